The number of carboxylic acids is 1. The Morgan fingerprint density at radius 1 is 1.61 bits per heavy atom. The van der Waals surface area contributed by atoms with Crippen molar-refractivity contribution < 1.29 is 19.1 Å². The second kappa shape index (κ2) is 5.87. The molecule has 0 aromatic carbocycles. The minimum atomic E-state index is -1.13. The van der Waals surface area contributed by atoms with Crippen LogP contribution in [0.4, 0.5) is 0 Å². The van der Waals surface area contributed by atoms with Gasteiger partial charge in [0.15, 0.2) is 0 Å². The second-order valence-electron chi connectivity index (χ2n) is 3.96. The van der Waals surface area contributed by atoms with E-state index in [1.54, 1.807) is 14.0 Å². The van der Waals surface area contributed by atoms with Crippen LogP contribution in [0, 0.1) is 11.3 Å². The lowest BCUT2D eigenvalue weighted by atomic mass is 10.1. The molecule has 1 aromatic heterocycles. The predicted octanol–water partition coefficient (Wildman–Crippen LogP) is 1.28. The Bertz CT molecular complexity index is 487. The van der Waals surface area contributed by atoms with E-state index in [1.807, 2.05) is 6.07 Å². The van der Waals surface area contributed by atoms with E-state index < -0.39 is 5.97 Å². The number of rotatable bonds is 5. The summed E-state index contributed by atoms with van der Waals surface area (Å²) >= 11 is 0. The fraction of sp³-hybridized carbons (Fsp3) is 0.417. The molecule has 6 heteroatoms. The maximum Gasteiger partial charge on any atom is 0.339 e. The van der Waals surface area contributed by atoms with Gasteiger partial charge in [0.1, 0.15) is 11.3 Å². The molecule has 0 aliphatic heterocycles. The molecule has 0 aliphatic carbocycles. The van der Waals surface area contributed by atoms with Gasteiger partial charge in [-0.15, -0.1) is 0 Å². The Balaban J connectivity index is 2.73. The molecule has 1 heterocycles. The van der Waals surface area contributed by atoms with E-state index in [1.165, 1.54) is 17.2 Å². The third-order valence-corrected chi connectivity index (χ3v) is 2.73. The zero-order valence-corrected chi connectivity index (χ0v) is 10.2. The number of nitriles is 1. The smallest absolute Gasteiger partial charge is 0.339 e. The quantitative estimate of drug-likeness (QED) is 0.849. The molecule has 0 bridgehead atoms. The van der Waals surface area contributed by atoms with Crippen molar-refractivity contribution in [1.29, 1.82) is 5.26 Å². The summed E-state index contributed by atoms with van der Waals surface area (Å²) in [5.41, 5.74) is -0.00955. The maximum atomic E-state index is 11.9. The van der Waals surface area contributed by atoms with Crippen molar-refractivity contribution >= 4 is 11.9 Å². The van der Waals surface area contributed by atoms with Crippen molar-refractivity contribution in [2.45, 2.75) is 25.8 Å². The Kier molecular flexibility index (Phi) is 4.49. The van der Waals surface area contributed by atoms with Crippen LogP contribution in [0.15, 0.2) is 16.7 Å². The fourth-order valence-corrected chi connectivity index (χ4v) is 1.44. The number of hydrogen-bond acceptors (Lipinski definition) is 4. The van der Waals surface area contributed by atoms with E-state index in [4.69, 9.17) is 14.8 Å². The van der Waals surface area contributed by atoms with Gasteiger partial charge in [-0.1, -0.05) is 0 Å². The molecule has 1 N–H and O–H groups in total. The Morgan fingerprint density at radius 3 is 2.83 bits per heavy atom. The van der Waals surface area contributed by atoms with E-state index >= 15 is 0 Å². The van der Waals surface area contributed by atoms with Crippen LogP contribution >= 0.6 is 0 Å². The lowest BCUT2D eigenvalue weighted by Crippen LogP contribution is -2.36. The van der Waals surface area contributed by atoms with Crippen molar-refractivity contribution in [2.75, 3.05) is 7.05 Å². The number of amides is 1. The zero-order chi connectivity index (χ0) is 13.7. The van der Waals surface area contributed by atoms with E-state index in [0.29, 0.717) is 0 Å². The van der Waals surface area contributed by atoms with Gasteiger partial charge < -0.3 is 14.4 Å². The van der Waals surface area contributed by atoms with Gasteiger partial charge in [-0.3, -0.25) is 4.79 Å². The highest BCUT2D eigenvalue weighted by molar-refractivity contribution is 5.90. The van der Waals surface area contributed by atoms with Crippen LogP contribution in [-0.2, 0) is 11.2 Å². The molecule has 18 heavy (non-hydrogen) atoms. The van der Waals surface area contributed by atoms with Crippen LogP contribution in [0.1, 0.15) is 29.5 Å². The summed E-state index contributed by atoms with van der Waals surface area (Å²) in [6.45, 7) is 1.75. The summed E-state index contributed by atoms with van der Waals surface area (Å²) in [5.74, 6) is -1.28. The van der Waals surface area contributed by atoms with Gasteiger partial charge >= 0.3 is 5.97 Å². The van der Waals surface area contributed by atoms with Crippen LogP contribution in [0.2, 0.25) is 0 Å². The molecule has 0 saturated heterocycles. The maximum absolute atomic E-state index is 11.9. The average molecular weight is 250 g/mol. The summed E-state index contributed by atoms with van der Waals surface area (Å²) in [6, 6.07) is 3.07. The van der Waals surface area contributed by atoms with Crippen molar-refractivity contribution in [2.24, 2.45) is 0 Å². The first-order valence-electron chi connectivity index (χ1n) is 5.39. The van der Waals surface area contributed by atoms with Crippen LogP contribution in [0.25, 0.3) is 0 Å². The van der Waals surface area contributed by atoms with E-state index in [2.05, 4.69) is 0 Å². The summed E-state index contributed by atoms with van der Waals surface area (Å²) in [6.07, 6.45) is 1.35. The zero-order valence-electron chi connectivity index (χ0n) is 10.2. The first-order chi connectivity index (χ1) is 8.47. The first-order valence-corrected chi connectivity index (χ1v) is 5.39. The summed E-state index contributed by atoms with van der Waals surface area (Å²) < 4.78 is 4.99. The third kappa shape index (κ3) is 3.10. The minimum absolute atomic E-state index is 0.00955. The predicted molar refractivity (Wildman–Crippen MR) is 61.8 cm³/mol. The fourth-order valence-electron chi connectivity index (χ4n) is 1.44. The van der Waals surface area contributed by atoms with Crippen LogP contribution < -0.4 is 0 Å². The van der Waals surface area contributed by atoms with Gasteiger partial charge in [0.2, 0.25) is 5.91 Å². The first kappa shape index (κ1) is 13.8. The number of furan rings is 1. The van der Waals surface area contributed by atoms with Crippen molar-refractivity contribution in [3.63, 3.8) is 0 Å². The summed E-state index contributed by atoms with van der Waals surface area (Å²) in [5, 5.41) is 17.4. The van der Waals surface area contributed by atoms with E-state index in [0.717, 1.165) is 0 Å². The van der Waals surface area contributed by atoms with Crippen molar-refractivity contribution in [1.82, 2.24) is 4.90 Å². The Labute approximate surface area is 104 Å². The standard InChI is InChI=1S/C12H14N2O4/c1-8(3-5-13)14(2)11(15)7-10-9(12(16)17)4-6-18-10/h4,6,8H,3,7H2,1-2H3,(H,16,17). The Morgan fingerprint density at radius 2 is 2.28 bits per heavy atom. The average Bonchev–Trinajstić information content (AvgIpc) is 2.76. The van der Waals surface area contributed by atoms with Gasteiger partial charge in [0, 0.05) is 13.1 Å². The number of carbonyl (C=O) groups is 2. The highest BCUT2D eigenvalue weighted by Gasteiger charge is 2.21. The van der Waals surface area contributed by atoms with Crippen LogP contribution in [0.3, 0.4) is 0 Å². The highest BCUT2D eigenvalue weighted by Crippen LogP contribution is 2.13. The van der Waals surface area contributed by atoms with E-state index in [-0.39, 0.29) is 36.1 Å². The molecule has 0 radical (unpaired) electrons. The SMILES string of the molecule is CC(CC#N)N(C)C(=O)Cc1occc1C(=O)O. The second-order valence-corrected chi connectivity index (χ2v) is 3.96. The van der Waals surface area contributed by atoms with Gasteiger partial charge in [0.05, 0.1) is 25.2 Å². The van der Waals surface area contributed by atoms with Crippen LogP contribution in [0.5, 0.6) is 0 Å². The number of hydrogen-bond donors (Lipinski definition) is 1. The normalized spacial score (nSPS) is 11.6. The molecule has 1 aromatic rings. The molecule has 1 amide bonds. The summed E-state index contributed by atoms with van der Waals surface area (Å²) in [4.78, 5) is 24.1. The van der Waals surface area contributed by atoms with Gasteiger partial charge in [0.25, 0.3) is 0 Å². The number of carbonyl (C=O) groups excluding carboxylic acids is 1. The lowest BCUT2D eigenvalue weighted by Gasteiger charge is -2.22. The van der Waals surface area contributed by atoms with E-state index in [9.17, 15) is 9.59 Å². The molecule has 0 aliphatic rings. The molecular formula is C12H14N2O4. The molecule has 0 saturated carbocycles. The molecule has 1 atom stereocenters. The molecule has 96 valence electrons. The topological polar surface area (TPSA) is 94.5 Å². The van der Waals surface area contributed by atoms with Crippen LogP contribution in [-0.4, -0.2) is 35.0 Å². The van der Waals surface area contributed by atoms with Gasteiger partial charge in [-0.25, -0.2) is 4.79 Å². The largest absolute Gasteiger partial charge is 0.478 e. The minimum Gasteiger partial charge on any atom is -0.478 e. The van der Waals surface area contributed by atoms with Gasteiger partial charge in [-0.05, 0) is 13.0 Å². The number of likely N-dealkylation sites (N-methyl/N-ethyl adjacent to an activating group) is 1. The van der Waals surface area contributed by atoms with Crippen molar-refractivity contribution in [3.8, 4) is 6.07 Å². The highest BCUT2D eigenvalue weighted by atomic mass is 16.4. The monoisotopic (exact) mass is 250 g/mol. The lowest BCUT2D eigenvalue weighted by molar-refractivity contribution is -0.131. The molecular weight excluding hydrogens is 236 g/mol. The number of aromatic carboxylic acids is 1. The summed E-state index contributed by atoms with van der Waals surface area (Å²) in [7, 11) is 1.58. The Hall–Kier alpha value is -2.29. The molecule has 1 unspecified atom stereocenters. The van der Waals surface area contributed by atoms with Crippen molar-refractivity contribution in [3.05, 3.63) is 23.7 Å². The third-order valence-electron chi connectivity index (χ3n) is 2.73. The molecule has 1 rings (SSSR count). The molecule has 6 nitrogen and oxygen atoms in total. The number of carboxylic acid groups (broad SMARTS) is 1. The van der Waals surface area contributed by atoms with Gasteiger partial charge in [-0.2, -0.15) is 5.26 Å². The molecule has 0 spiro atoms. The molecule has 0 fully saturated rings. The number of nitrogens with zero attached hydrogens (tertiary/aromatic N) is 2.